The molecule has 5 aliphatic rings. The molecule has 3 aliphatic heterocycles. The molecule has 1 saturated carbocycles. The van der Waals surface area contributed by atoms with Gasteiger partial charge in [0, 0.05) is 18.0 Å². The zero-order valence-electron chi connectivity index (χ0n) is 13.4. The topological polar surface area (TPSA) is 80.2 Å². The molecule has 3 fully saturated rings. The maximum Gasteiger partial charge on any atom is 0.207 e. The van der Waals surface area contributed by atoms with E-state index >= 15 is 0 Å². The molecule has 1 aromatic rings. The highest BCUT2D eigenvalue weighted by molar-refractivity contribution is 5.62. The molecular weight excluding hydrogens is 310 g/mol. The molecule has 0 amide bonds. The Morgan fingerprint density at radius 2 is 1.96 bits per heavy atom. The van der Waals surface area contributed by atoms with Crippen molar-refractivity contribution < 1.29 is 24.4 Å². The SMILES string of the molecule is Oc1ccc2c3c1O[C@H]1C4(CC[C@@]5(O)[C@@H](C2)NCC[C@]315)OCCO4. The highest BCUT2D eigenvalue weighted by Gasteiger charge is 2.76. The van der Waals surface area contributed by atoms with Crippen LogP contribution in [0, 0.1) is 0 Å². The number of rotatable bonds is 0. The first kappa shape index (κ1) is 13.9. The van der Waals surface area contributed by atoms with Crippen LogP contribution in [0.2, 0.25) is 0 Å². The van der Waals surface area contributed by atoms with Gasteiger partial charge in [0.05, 0.1) is 24.2 Å². The van der Waals surface area contributed by atoms with Gasteiger partial charge in [0.15, 0.2) is 17.6 Å². The maximum absolute atomic E-state index is 11.8. The van der Waals surface area contributed by atoms with Crippen LogP contribution in [-0.4, -0.2) is 53.5 Å². The third-order valence-corrected chi connectivity index (χ3v) is 7.07. The molecule has 24 heavy (non-hydrogen) atoms. The van der Waals surface area contributed by atoms with Crippen molar-refractivity contribution in [2.45, 2.75) is 54.6 Å². The van der Waals surface area contributed by atoms with Crippen molar-refractivity contribution in [1.29, 1.82) is 0 Å². The van der Waals surface area contributed by atoms with Gasteiger partial charge in [0.25, 0.3) is 0 Å². The molecule has 0 unspecified atom stereocenters. The summed E-state index contributed by atoms with van der Waals surface area (Å²) in [5.41, 5.74) is 0.670. The zero-order valence-corrected chi connectivity index (χ0v) is 13.4. The molecular formula is C18H21NO5. The molecule has 3 heterocycles. The fourth-order valence-electron chi connectivity index (χ4n) is 6.17. The van der Waals surface area contributed by atoms with E-state index in [0.29, 0.717) is 31.8 Å². The van der Waals surface area contributed by atoms with E-state index in [2.05, 4.69) is 5.32 Å². The lowest BCUT2D eigenvalue weighted by atomic mass is 9.48. The van der Waals surface area contributed by atoms with Gasteiger partial charge >= 0.3 is 0 Å². The summed E-state index contributed by atoms with van der Waals surface area (Å²) in [6.07, 6.45) is 2.31. The minimum Gasteiger partial charge on any atom is -0.504 e. The molecule has 0 aromatic heterocycles. The number of hydrogen-bond donors (Lipinski definition) is 3. The van der Waals surface area contributed by atoms with Crippen LogP contribution in [0.25, 0.3) is 0 Å². The normalized spacial score (nSPS) is 43.5. The lowest BCUT2D eigenvalue weighted by Crippen LogP contribution is -2.79. The number of fused-ring (bicyclic) bond motifs is 1. The number of aromatic hydroxyl groups is 1. The number of piperidine rings is 1. The number of phenols is 1. The number of nitrogens with one attached hydrogen (secondary N) is 1. The molecule has 2 spiro atoms. The minimum atomic E-state index is -0.900. The lowest BCUT2D eigenvalue weighted by molar-refractivity contribution is -0.287. The van der Waals surface area contributed by atoms with Crippen LogP contribution in [0.1, 0.15) is 30.4 Å². The predicted molar refractivity (Wildman–Crippen MR) is 83.1 cm³/mol. The summed E-state index contributed by atoms with van der Waals surface area (Å²) in [5, 5.41) is 25.7. The first-order chi connectivity index (χ1) is 11.6. The third kappa shape index (κ3) is 1.26. The average Bonchev–Trinajstić information content (AvgIpc) is 3.16. The first-order valence-electron chi connectivity index (χ1n) is 8.86. The Morgan fingerprint density at radius 1 is 1.12 bits per heavy atom. The average molecular weight is 331 g/mol. The fourth-order valence-corrected chi connectivity index (χ4v) is 6.17. The summed E-state index contributed by atoms with van der Waals surface area (Å²) in [5.74, 6) is -0.143. The number of aliphatic hydroxyl groups is 1. The maximum atomic E-state index is 11.8. The Bertz CT molecular complexity index is 745. The van der Waals surface area contributed by atoms with E-state index in [1.807, 2.05) is 6.07 Å². The van der Waals surface area contributed by atoms with Gasteiger partial charge < -0.3 is 29.7 Å². The van der Waals surface area contributed by atoms with Crippen LogP contribution in [0.15, 0.2) is 12.1 Å². The van der Waals surface area contributed by atoms with E-state index in [-0.39, 0.29) is 11.8 Å². The predicted octanol–water partition coefficient (Wildman–Crippen LogP) is 0.577. The van der Waals surface area contributed by atoms with E-state index in [1.54, 1.807) is 6.07 Å². The van der Waals surface area contributed by atoms with E-state index in [4.69, 9.17) is 14.2 Å². The Balaban J connectivity index is 1.67. The van der Waals surface area contributed by atoms with Crippen LogP contribution in [0.4, 0.5) is 0 Å². The summed E-state index contributed by atoms with van der Waals surface area (Å²) < 4.78 is 18.4. The second kappa shape index (κ2) is 4.07. The quantitative estimate of drug-likeness (QED) is 0.645. The van der Waals surface area contributed by atoms with Crippen molar-refractivity contribution in [3.05, 3.63) is 23.3 Å². The highest BCUT2D eigenvalue weighted by Crippen LogP contribution is 2.66. The summed E-state index contributed by atoms with van der Waals surface area (Å²) in [4.78, 5) is 0. The van der Waals surface area contributed by atoms with E-state index in [0.717, 1.165) is 30.5 Å². The summed E-state index contributed by atoms with van der Waals surface area (Å²) in [7, 11) is 0. The van der Waals surface area contributed by atoms with Gasteiger partial charge in [-0.1, -0.05) is 6.07 Å². The van der Waals surface area contributed by atoms with Gasteiger partial charge in [0.2, 0.25) is 5.79 Å². The van der Waals surface area contributed by atoms with Crippen LogP contribution < -0.4 is 10.1 Å². The standard InChI is InChI=1S/C18H21NO5/c20-11-2-1-10-9-12-17(21)3-4-18(22-7-8-23-18)15-16(17,5-6-19-12)13(10)14(11)24-15/h1-2,12,15,19-21H,3-9H2/t12-,15-,16+,17-/m1/s1. The Kier molecular flexibility index (Phi) is 2.36. The largest absolute Gasteiger partial charge is 0.504 e. The van der Waals surface area contributed by atoms with Gasteiger partial charge in [-0.25, -0.2) is 0 Å². The van der Waals surface area contributed by atoms with Gasteiger partial charge in [-0.05, 0) is 37.4 Å². The fraction of sp³-hybridized carbons (Fsp3) is 0.667. The summed E-state index contributed by atoms with van der Waals surface area (Å²) in [6, 6.07) is 3.67. The number of ether oxygens (including phenoxy) is 3. The molecule has 6 nitrogen and oxygen atoms in total. The minimum absolute atomic E-state index is 0.000837. The van der Waals surface area contributed by atoms with Gasteiger partial charge in [0.1, 0.15) is 0 Å². The number of benzene rings is 1. The molecule has 3 N–H and O–H groups in total. The highest BCUT2D eigenvalue weighted by atomic mass is 16.8. The summed E-state index contributed by atoms with van der Waals surface area (Å²) in [6.45, 7) is 1.91. The second-order valence-electron chi connectivity index (χ2n) is 7.81. The van der Waals surface area contributed by atoms with E-state index < -0.39 is 22.9 Å². The van der Waals surface area contributed by atoms with Crippen molar-refractivity contribution >= 4 is 0 Å². The van der Waals surface area contributed by atoms with Crippen LogP contribution in [0.3, 0.4) is 0 Å². The molecule has 4 atom stereocenters. The van der Waals surface area contributed by atoms with Crippen molar-refractivity contribution in [3.63, 3.8) is 0 Å². The lowest BCUT2D eigenvalue weighted by Gasteiger charge is -2.62. The summed E-state index contributed by atoms with van der Waals surface area (Å²) >= 11 is 0. The van der Waals surface area contributed by atoms with E-state index in [1.165, 1.54) is 0 Å². The molecule has 128 valence electrons. The van der Waals surface area contributed by atoms with Crippen molar-refractivity contribution in [2.75, 3.05) is 19.8 Å². The second-order valence-corrected chi connectivity index (χ2v) is 7.81. The monoisotopic (exact) mass is 331 g/mol. The van der Waals surface area contributed by atoms with Crippen molar-refractivity contribution in [2.24, 2.45) is 0 Å². The Morgan fingerprint density at radius 3 is 2.79 bits per heavy atom. The molecule has 1 aromatic carbocycles. The van der Waals surface area contributed by atoms with Gasteiger partial charge in [-0.15, -0.1) is 0 Å². The molecule has 2 aliphatic carbocycles. The Hall–Kier alpha value is -1.34. The molecule has 2 bridgehead atoms. The molecule has 0 radical (unpaired) electrons. The molecule has 2 saturated heterocycles. The first-order valence-corrected chi connectivity index (χ1v) is 8.86. The smallest absolute Gasteiger partial charge is 0.207 e. The van der Waals surface area contributed by atoms with Gasteiger partial charge in [-0.3, -0.25) is 0 Å². The van der Waals surface area contributed by atoms with Crippen LogP contribution in [0.5, 0.6) is 11.5 Å². The number of hydrogen-bond acceptors (Lipinski definition) is 6. The van der Waals surface area contributed by atoms with E-state index in [9.17, 15) is 10.2 Å². The molecule has 6 rings (SSSR count). The van der Waals surface area contributed by atoms with Crippen LogP contribution >= 0.6 is 0 Å². The van der Waals surface area contributed by atoms with Crippen LogP contribution in [-0.2, 0) is 21.3 Å². The molecule has 6 heteroatoms. The third-order valence-electron chi connectivity index (χ3n) is 7.07. The van der Waals surface area contributed by atoms with Gasteiger partial charge in [-0.2, -0.15) is 0 Å². The zero-order chi connectivity index (χ0) is 16.2. The Labute approximate surface area is 139 Å². The number of phenolic OH excluding ortho intramolecular Hbond substituents is 1. The van der Waals surface area contributed by atoms with Crippen molar-refractivity contribution in [3.8, 4) is 11.5 Å². The van der Waals surface area contributed by atoms with Crippen molar-refractivity contribution in [1.82, 2.24) is 5.32 Å².